The molecule has 0 saturated heterocycles. The van der Waals surface area contributed by atoms with Crippen LogP contribution in [0.5, 0.6) is 5.75 Å². The number of hydrogen-bond donors (Lipinski definition) is 4. The Morgan fingerprint density at radius 2 is 1.57 bits per heavy atom. The van der Waals surface area contributed by atoms with Gasteiger partial charge in [0.25, 0.3) is 17.7 Å². The van der Waals surface area contributed by atoms with E-state index in [9.17, 15) is 29.1 Å². The zero-order valence-corrected chi connectivity index (χ0v) is 24.4. The SMILES string of the molecule is Cc1cc(C(=O)NCc2cccc(OC(=O)c3ccsc3)c2)cc(Cl)c1C(=O)N[C@@H](CNC(=O)c1ccsc1)C(=O)O. The first-order chi connectivity index (χ1) is 20.1. The number of thiophene rings is 2. The molecule has 3 amide bonds. The Balaban J connectivity index is 1.37. The van der Waals surface area contributed by atoms with E-state index in [-0.39, 0.29) is 29.2 Å². The van der Waals surface area contributed by atoms with Gasteiger partial charge in [0, 0.05) is 35.0 Å². The zero-order valence-electron chi connectivity index (χ0n) is 22.0. The van der Waals surface area contributed by atoms with E-state index in [2.05, 4.69) is 16.0 Å². The Bertz CT molecular complexity index is 1600. The lowest BCUT2D eigenvalue weighted by Gasteiger charge is -2.17. The summed E-state index contributed by atoms with van der Waals surface area (Å²) in [6.45, 7) is 1.34. The van der Waals surface area contributed by atoms with E-state index in [1.807, 2.05) is 0 Å². The van der Waals surface area contributed by atoms with Crippen LogP contribution in [-0.4, -0.2) is 47.4 Å². The third kappa shape index (κ3) is 7.81. The van der Waals surface area contributed by atoms with Crippen molar-refractivity contribution in [1.29, 1.82) is 0 Å². The van der Waals surface area contributed by atoms with Crippen molar-refractivity contribution in [2.24, 2.45) is 0 Å². The van der Waals surface area contributed by atoms with E-state index < -0.39 is 35.7 Å². The highest BCUT2D eigenvalue weighted by molar-refractivity contribution is 7.08. The summed E-state index contributed by atoms with van der Waals surface area (Å²) in [4.78, 5) is 61.9. The van der Waals surface area contributed by atoms with Crippen LogP contribution in [-0.2, 0) is 11.3 Å². The number of amides is 3. The van der Waals surface area contributed by atoms with Crippen molar-refractivity contribution in [2.75, 3.05) is 6.54 Å². The Kier molecular flexibility index (Phi) is 10.1. The second-order valence-corrected chi connectivity index (χ2v) is 10.9. The quantitative estimate of drug-likeness (QED) is 0.141. The van der Waals surface area contributed by atoms with Crippen molar-refractivity contribution in [3.05, 3.63) is 108 Å². The first-order valence-corrected chi connectivity index (χ1v) is 14.6. The fourth-order valence-corrected chi connectivity index (χ4v) is 5.45. The highest BCUT2D eigenvalue weighted by Gasteiger charge is 2.25. The molecular formula is C29H24ClN3O7S2. The van der Waals surface area contributed by atoms with E-state index in [4.69, 9.17) is 16.3 Å². The predicted octanol–water partition coefficient (Wildman–Crippen LogP) is 4.53. The lowest BCUT2D eigenvalue weighted by Crippen LogP contribution is -2.48. The number of nitrogens with one attached hydrogen (secondary N) is 3. The van der Waals surface area contributed by atoms with Crippen LogP contribution in [0.15, 0.2) is 70.1 Å². The van der Waals surface area contributed by atoms with Gasteiger partial charge in [-0.15, -0.1) is 0 Å². The predicted molar refractivity (Wildman–Crippen MR) is 159 cm³/mol. The monoisotopic (exact) mass is 625 g/mol. The normalized spacial score (nSPS) is 11.3. The van der Waals surface area contributed by atoms with Gasteiger partial charge in [-0.1, -0.05) is 23.7 Å². The number of carbonyl (C=O) groups excluding carboxylic acids is 4. The molecule has 4 aromatic rings. The number of rotatable bonds is 11. The van der Waals surface area contributed by atoms with Gasteiger partial charge < -0.3 is 25.8 Å². The first-order valence-electron chi connectivity index (χ1n) is 12.4. The summed E-state index contributed by atoms with van der Waals surface area (Å²) in [5.74, 6) is -3.19. The Morgan fingerprint density at radius 3 is 2.21 bits per heavy atom. The third-order valence-corrected chi connectivity index (χ3v) is 7.61. The van der Waals surface area contributed by atoms with Gasteiger partial charge >= 0.3 is 11.9 Å². The van der Waals surface area contributed by atoms with Gasteiger partial charge in [0.05, 0.1) is 16.1 Å². The summed E-state index contributed by atoms with van der Waals surface area (Å²) in [5, 5.41) is 23.9. The highest BCUT2D eigenvalue weighted by Crippen LogP contribution is 2.23. The van der Waals surface area contributed by atoms with E-state index in [0.29, 0.717) is 28.0 Å². The fraction of sp³-hybridized carbons (Fsp3) is 0.138. The number of ether oxygens (including phenoxy) is 1. The molecule has 0 aliphatic carbocycles. The summed E-state index contributed by atoms with van der Waals surface area (Å²) >= 11 is 9.06. The molecule has 0 fully saturated rings. The van der Waals surface area contributed by atoms with E-state index in [0.717, 1.165) is 0 Å². The van der Waals surface area contributed by atoms with Crippen LogP contribution in [0.3, 0.4) is 0 Å². The summed E-state index contributed by atoms with van der Waals surface area (Å²) in [6, 6.07) is 11.3. The van der Waals surface area contributed by atoms with E-state index in [1.54, 1.807) is 64.8 Å². The number of carboxylic acids is 1. The average Bonchev–Trinajstić information content (AvgIpc) is 3.69. The number of halogens is 1. The number of aryl methyl sites for hydroxylation is 1. The molecule has 42 heavy (non-hydrogen) atoms. The van der Waals surface area contributed by atoms with Gasteiger partial charge in [0.1, 0.15) is 11.8 Å². The maximum absolute atomic E-state index is 12.9. The maximum atomic E-state index is 12.9. The molecule has 216 valence electrons. The number of hydrogen-bond acceptors (Lipinski definition) is 8. The minimum absolute atomic E-state index is 0.00349. The summed E-state index contributed by atoms with van der Waals surface area (Å²) in [6.07, 6.45) is 0. The molecule has 2 aromatic carbocycles. The number of esters is 1. The molecule has 4 rings (SSSR count). The average molecular weight is 626 g/mol. The maximum Gasteiger partial charge on any atom is 0.344 e. The zero-order chi connectivity index (χ0) is 30.2. The standard InChI is InChI=1S/C29H24ClN3O7S2/c1-16-9-20(26(35)31-12-17-3-2-4-21(10-17)40-29(39)19-6-8-42-15-19)11-22(30)24(16)27(36)33-23(28(37)38)13-32-25(34)18-5-7-41-14-18/h2-11,14-15,23H,12-13H2,1H3,(H,31,35)(H,32,34)(H,33,36)(H,37,38)/t23-/m0/s1. The Morgan fingerprint density at radius 1 is 0.881 bits per heavy atom. The van der Waals surface area contributed by atoms with Crippen molar-refractivity contribution >= 4 is 63.9 Å². The van der Waals surface area contributed by atoms with Gasteiger partial charge in [0.2, 0.25) is 0 Å². The molecule has 0 aliphatic heterocycles. The molecule has 0 spiro atoms. The minimum atomic E-state index is -1.42. The highest BCUT2D eigenvalue weighted by atomic mass is 35.5. The van der Waals surface area contributed by atoms with Crippen LogP contribution in [0.2, 0.25) is 5.02 Å². The molecular weight excluding hydrogens is 602 g/mol. The summed E-state index contributed by atoms with van der Waals surface area (Å²) in [7, 11) is 0. The second kappa shape index (κ2) is 13.9. The molecule has 0 aliphatic rings. The van der Waals surface area contributed by atoms with Gasteiger partial charge in [-0.25, -0.2) is 9.59 Å². The van der Waals surface area contributed by atoms with E-state index >= 15 is 0 Å². The molecule has 10 nitrogen and oxygen atoms in total. The van der Waals surface area contributed by atoms with Gasteiger partial charge in [-0.05, 0) is 65.2 Å². The first kappa shape index (κ1) is 30.4. The lowest BCUT2D eigenvalue weighted by atomic mass is 10.0. The smallest absolute Gasteiger partial charge is 0.344 e. The number of aliphatic carboxylic acids is 1. The largest absolute Gasteiger partial charge is 0.480 e. The Hall–Kier alpha value is -4.52. The van der Waals surface area contributed by atoms with Gasteiger partial charge in [-0.3, -0.25) is 14.4 Å². The van der Waals surface area contributed by atoms with Gasteiger partial charge in [-0.2, -0.15) is 22.7 Å². The number of benzene rings is 2. The van der Waals surface area contributed by atoms with Crippen molar-refractivity contribution in [3.8, 4) is 5.75 Å². The molecule has 0 unspecified atom stereocenters. The van der Waals surface area contributed by atoms with Crippen LogP contribution < -0.4 is 20.7 Å². The van der Waals surface area contributed by atoms with Crippen molar-refractivity contribution < 1.29 is 33.8 Å². The minimum Gasteiger partial charge on any atom is -0.480 e. The summed E-state index contributed by atoms with van der Waals surface area (Å²) in [5.41, 5.74) is 2.05. The molecule has 2 heterocycles. The molecule has 4 N–H and O–H groups in total. The molecule has 0 bridgehead atoms. The van der Waals surface area contributed by atoms with Crippen LogP contribution in [0, 0.1) is 6.92 Å². The lowest BCUT2D eigenvalue weighted by molar-refractivity contribution is -0.139. The van der Waals surface area contributed by atoms with Crippen LogP contribution in [0.25, 0.3) is 0 Å². The summed E-state index contributed by atoms with van der Waals surface area (Å²) < 4.78 is 5.39. The molecule has 0 radical (unpaired) electrons. The molecule has 1 atom stereocenters. The van der Waals surface area contributed by atoms with E-state index in [1.165, 1.54) is 34.8 Å². The van der Waals surface area contributed by atoms with Crippen LogP contribution in [0.1, 0.15) is 52.6 Å². The van der Waals surface area contributed by atoms with Crippen molar-refractivity contribution in [1.82, 2.24) is 16.0 Å². The Labute approximate surface area is 253 Å². The third-order valence-electron chi connectivity index (χ3n) is 5.95. The van der Waals surface area contributed by atoms with Crippen molar-refractivity contribution in [3.63, 3.8) is 0 Å². The topological polar surface area (TPSA) is 151 Å². The molecule has 0 saturated carbocycles. The fourth-order valence-electron chi connectivity index (χ4n) is 3.83. The van der Waals surface area contributed by atoms with Crippen LogP contribution >= 0.6 is 34.3 Å². The molecule has 13 heteroatoms. The van der Waals surface area contributed by atoms with Crippen LogP contribution in [0.4, 0.5) is 0 Å². The second-order valence-electron chi connectivity index (χ2n) is 8.97. The number of carbonyl (C=O) groups is 5. The van der Waals surface area contributed by atoms with Crippen molar-refractivity contribution in [2.45, 2.75) is 19.5 Å². The van der Waals surface area contributed by atoms with Gasteiger partial charge in [0.15, 0.2) is 0 Å². The number of carboxylic acid groups (broad SMARTS) is 1. The molecule has 2 aromatic heterocycles.